The lowest BCUT2D eigenvalue weighted by molar-refractivity contribution is -0.211. The smallest absolute Gasteiger partial charge is 0.474 e. The van der Waals surface area contributed by atoms with E-state index in [1.807, 2.05) is 0 Å². The normalized spacial score (nSPS) is 11.6. The largest absolute Gasteiger partial charge is 0.502 e. The van der Waals surface area contributed by atoms with Crippen molar-refractivity contribution < 1.29 is 27.8 Å². The minimum absolute atomic E-state index is 0.0172. The number of halogens is 3. The molecule has 1 aromatic rings. The van der Waals surface area contributed by atoms with Crippen LogP contribution < -0.4 is 4.74 Å². The minimum Gasteiger partial charge on any atom is -0.474 e. The summed E-state index contributed by atoms with van der Waals surface area (Å²) >= 11 is 0. The number of aliphatic carboxylic acids is 1. The molecule has 0 aliphatic heterocycles. The van der Waals surface area contributed by atoms with E-state index >= 15 is 0 Å². The van der Waals surface area contributed by atoms with Crippen LogP contribution >= 0.6 is 0 Å². The fraction of sp³-hybridized carbons (Fsp3) is 0.364. The molecule has 1 aromatic carbocycles. The molecular weight excluding hydrogens is 237 g/mol. The fourth-order valence-corrected chi connectivity index (χ4v) is 1.14. The Kier molecular flexibility index (Phi) is 3.65. The van der Waals surface area contributed by atoms with Crippen LogP contribution in [-0.4, -0.2) is 17.2 Å². The monoisotopic (exact) mass is 248 g/mol. The molecule has 0 unspecified atom stereocenters. The predicted molar refractivity (Wildman–Crippen MR) is 53.7 cm³/mol. The zero-order chi connectivity index (χ0) is 13.2. The third-order valence-electron chi connectivity index (χ3n) is 2.11. The molecule has 1 N–H and O–H groups in total. The standard InChI is InChI=1S/C11H11F3O3/c1-6(2)7-3-4-8(12)9(5-7)17-11(13,14)10(15)16/h3-6H,1-2H3,(H,15,16). The SMILES string of the molecule is CC(C)c1ccc(F)c(OC(F)(F)C(=O)O)c1. The molecule has 3 nitrogen and oxygen atoms in total. The molecule has 94 valence electrons. The van der Waals surface area contributed by atoms with Gasteiger partial charge >= 0.3 is 12.1 Å². The van der Waals surface area contributed by atoms with Gasteiger partial charge in [-0.1, -0.05) is 19.9 Å². The highest BCUT2D eigenvalue weighted by Crippen LogP contribution is 2.28. The third kappa shape index (κ3) is 3.12. The lowest BCUT2D eigenvalue weighted by Crippen LogP contribution is -2.35. The van der Waals surface area contributed by atoms with Crippen LogP contribution in [0.15, 0.2) is 18.2 Å². The number of rotatable bonds is 4. The molecule has 0 amide bonds. The molecular formula is C11H11F3O3. The summed E-state index contributed by atoms with van der Waals surface area (Å²) in [4.78, 5) is 10.2. The highest BCUT2D eigenvalue weighted by Gasteiger charge is 2.43. The molecule has 0 aromatic heterocycles. The second-order valence-corrected chi connectivity index (χ2v) is 3.77. The van der Waals surface area contributed by atoms with Gasteiger partial charge in [0, 0.05) is 0 Å². The average Bonchev–Trinajstić information content (AvgIpc) is 2.20. The van der Waals surface area contributed by atoms with Gasteiger partial charge < -0.3 is 9.84 Å². The number of carboxylic acid groups (broad SMARTS) is 1. The summed E-state index contributed by atoms with van der Waals surface area (Å²) in [5, 5.41) is 8.17. The van der Waals surface area contributed by atoms with Crippen LogP contribution in [0.2, 0.25) is 0 Å². The minimum atomic E-state index is -4.45. The van der Waals surface area contributed by atoms with Gasteiger partial charge in [0.1, 0.15) is 0 Å². The Morgan fingerprint density at radius 3 is 2.47 bits per heavy atom. The topological polar surface area (TPSA) is 46.5 Å². The van der Waals surface area contributed by atoms with Crippen LogP contribution in [-0.2, 0) is 4.79 Å². The number of benzene rings is 1. The zero-order valence-electron chi connectivity index (χ0n) is 9.21. The van der Waals surface area contributed by atoms with Crippen LogP contribution in [0, 0.1) is 5.82 Å². The lowest BCUT2D eigenvalue weighted by Gasteiger charge is -2.15. The van der Waals surface area contributed by atoms with E-state index in [2.05, 4.69) is 4.74 Å². The number of ether oxygens (including phenoxy) is 1. The summed E-state index contributed by atoms with van der Waals surface area (Å²) in [6, 6.07) is 3.45. The predicted octanol–water partition coefficient (Wildman–Crippen LogP) is 3.01. The maximum absolute atomic E-state index is 13.2. The van der Waals surface area contributed by atoms with E-state index in [0.717, 1.165) is 12.1 Å². The maximum atomic E-state index is 13.2. The summed E-state index contributed by atoms with van der Waals surface area (Å²) in [7, 11) is 0. The molecule has 0 aliphatic carbocycles. The van der Waals surface area contributed by atoms with Crippen molar-refractivity contribution in [3.8, 4) is 5.75 Å². The summed E-state index contributed by atoms with van der Waals surface area (Å²) in [6.45, 7) is 3.57. The summed E-state index contributed by atoms with van der Waals surface area (Å²) < 4.78 is 42.6. The van der Waals surface area contributed by atoms with Crippen molar-refractivity contribution in [2.45, 2.75) is 25.9 Å². The number of alkyl halides is 2. The molecule has 0 spiro atoms. The number of carboxylic acids is 1. The van der Waals surface area contributed by atoms with E-state index < -0.39 is 23.6 Å². The Hall–Kier alpha value is -1.72. The summed E-state index contributed by atoms with van der Waals surface area (Å²) in [5.41, 5.74) is 0.572. The molecule has 17 heavy (non-hydrogen) atoms. The van der Waals surface area contributed by atoms with E-state index in [1.54, 1.807) is 13.8 Å². The third-order valence-corrected chi connectivity index (χ3v) is 2.11. The van der Waals surface area contributed by atoms with Gasteiger partial charge in [-0.15, -0.1) is 0 Å². The highest BCUT2D eigenvalue weighted by molar-refractivity contribution is 5.73. The van der Waals surface area contributed by atoms with Gasteiger partial charge in [-0.05, 0) is 23.6 Å². The molecule has 0 heterocycles. The summed E-state index contributed by atoms with van der Waals surface area (Å²) in [5.74, 6) is -4.29. The molecule has 0 atom stereocenters. The van der Waals surface area contributed by atoms with Gasteiger partial charge in [-0.2, -0.15) is 8.78 Å². The highest BCUT2D eigenvalue weighted by atomic mass is 19.3. The van der Waals surface area contributed by atoms with Gasteiger partial charge in [-0.25, -0.2) is 9.18 Å². The number of hydrogen-bond acceptors (Lipinski definition) is 2. The first kappa shape index (κ1) is 13.3. The average molecular weight is 248 g/mol. The Morgan fingerprint density at radius 1 is 1.41 bits per heavy atom. The first-order valence-electron chi connectivity index (χ1n) is 4.83. The molecule has 0 radical (unpaired) electrons. The Bertz CT molecular complexity index is 430. The second-order valence-electron chi connectivity index (χ2n) is 3.77. The van der Waals surface area contributed by atoms with Crippen LogP contribution in [0.3, 0.4) is 0 Å². The van der Waals surface area contributed by atoms with Crippen molar-refractivity contribution in [1.29, 1.82) is 0 Å². The van der Waals surface area contributed by atoms with E-state index in [0.29, 0.717) is 5.56 Å². The first-order chi connectivity index (χ1) is 7.74. The van der Waals surface area contributed by atoms with E-state index in [9.17, 15) is 18.0 Å². The van der Waals surface area contributed by atoms with Gasteiger partial charge in [0.25, 0.3) is 0 Å². The lowest BCUT2D eigenvalue weighted by atomic mass is 10.0. The molecule has 6 heteroatoms. The second kappa shape index (κ2) is 4.65. The first-order valence-corrected chi connectivity index (χ1v) is 4.83. The van der Waals surface area contributed by atoms with Crippen LogP contribution in [0.1, 0.15) is 25.3 Å². The quantitative estimate of drug-likeness (QED) is 0.890. The Labute approximate surface area is 95.8 Å². The zero-order valence-corrected chi connectivity index (χ0v) is 9.21. The van der Waals surface area contributed by atoms with Crippen molar-refractivity contribution in [2.75, 3.05) is 0 Å². The van der Waals surface area contributed by atoms with Gasteiger partial charge in [0.15, 0.2) is 11.6 Å². The van der Waals surface area contributed by atoms with E-state index in [-0.39, 0.29) is 5.92 Å². The molecule has 0 saturated carbocycles. The van der Waals surface area contributed by atoms with Crippen molar-refractivity contribution in [3.63, 3.8) is 0 Å². The molecule has 0 saturated heterocycles. The van der Waals surface area contributed by atoms with Crippen molar-refractivity contribution in [2.24, 2.45) is 0 Å². The van der Waals surface area contributed by atoms with Crippen LogP contribution in [0.5, 0.6) is 5.75 Å². The summed E-state index contributed by atoms with van der Waals surface area (Å²) in [6.07, 6.45) is -4.45. The Balaban J connectivity index is 3.05. The van der Waals surface area contributed by atoms with Crippen molar-refractivity contribution in [3.05, 3.63) is 29.6 Å². The van der Waals surface area contributed by atoms with E-state index in [4.69, 9.17) is 5.11 Å². The van der Waals surface area contributed by atoms with Crippen molar-refractivity contribution in [1.82, 2.24) is 0 Å². The van der Waals surface area contributed by atoms with Crippen LogP contribution in [0.25, 0.3) is 0 Å². The maximum Gasteiger partial charge on any atom is 0.502 e. The number of hydrogen-bond donors (Lipinski definition) is 1. The van der Waals surface area contributed by atoms with Gasteiger partial charge in [-0.3, -0.25) is 0 Å². The Morgan fingerprint density at radius 2 is 2.00 bits per heavy atom. The molecule has 1 rings (SSSR count). The van der Waals surface area contributed by atoms with Gasteiger partial charge in [0.05, 0.1) is 0 Å². The van der Waals surface area contributed by atoms with E-state index in [1.165, 1.54) is 6.07 Å². The number of carbonyl (C=O) groups is 1. The molecule has 0 fully saturated rings. The molecule has 0 bridgehead atoms. The van der Waals surface area contributed by atoms with Crippen LogP contribution in [0.4, 0.5) is 13.2 Å². The molecule has 0 aliphatic rings. The van der Waals surface area contributed by atoms with Gasteiger partial charge in [0.2, 0.25) is 0 Å². The fourth-order valence-electron chi connectivity index (χ4n) is 1.14. The van der Waals surface area contributed by atoms with Crippen molar-refractivity contribution >= 4 is 5.97 Å².